The second kappa shape index (κ2) is 4.76. The van der Waals surface area contributed by atoms with E-state index in [1.807, 2.05) is 0 Å². The predicted octanol–water partition coefficient (Wildman–Crippen LogP) is 3.56. The van der Waals surface area contributed by atoms with E-state index < -0.39 is 11.6 Å². The summed E-state index contributed by atoms with van der Waals surface area (Å²) in [5, 5.41) is 0.504. The molecule has 0 saturated carbocycles. The molecule has 16 heavy (non-hydrogen) atoms. The molecular formula is C10H5ClF2N2S. The molecule has 0 unspecified atom stereocenters. The Morgan fingerprint density at radius 2 is 1.88 bits per heavy atom. The lowest BCUT2D eigenvalue weighted by molar-refractivity contribution is 0.577. The highest BCUT2D eigenvalue weighted by Gasteiger charge is 2.09. The minimum Gasteiger partial charge on any atom is -0.245 e. The van der Waals surface area contributed by atoms with E-state index in [0.717, 1.165) is 30.0 Å². The minimum absolute atomic E-state index is 0.127. The van der Waals surface area contributed by atoms with Crippen molar-refractivity contribution in [3.8, 4) is 0 Å². The zero-order valence-electron chi connectivity index (χ0n) is 7.82. The maximum Gasteiger partial charge on any atom is 0.161 e. The summed E-state index contributed by atoms with van der Waals surface area (Å²) in [6.45, 7) is 0. The lowest BCUT2D eigenvalue weighted by Crippen LogP contribution is -1.87. The van der Waals surface area contributed by atoms with Gasteiger partial charge in [0.2, 0.25) is 0 Å². The second-order valence-electron chi connectivity index (χ2n) is 2.83. The number of nitrogens with zero attached hydrogens (tertiary/aromatic N) is 2. The van der Waals surface area contributed by atoms with Gasteiger partial charge in [-0.25, -0.2) is 18.7 Å². The molecule has 82 valence electrons. The van der Waals surface area contributed by atoms with E-state index in [4.69, 9.17) is 11.6 Å². The Labute approximate surface area is 99.7 Å². The molecule has 0 aliphatic rings. The molecular weight excluding hydrogens is 254 g/mol. The fourth-order valence-corrected chi connectivity index (χ4v) is 2.05. The van der Waals surface area contributed by atoms with Crippen molar-refractivity contribution in [3.05, 3.63) is 47.4 Å². The molecule has 1 heterocycles. The average Bonchev–Trinajstić information content (AvgIpc) is 2.27. The molecule has 0 atom stereocenters. The second-order valence-corrected chi connectivity index (χ2v) is 4.22. The maximum atomic E-state index is 13.3. The summed E-state index contributed by atoms with van der Waals surface area (Å²) in [5.74, 6) is -1.03. The molecule has 0 saturated heterocycles. The molecule has 0 fully saturated rings. The summed E-state index contributed by atoms with van der Waals surface area (Å²) in [6, 6.07) is 3.20. The first-order valence-electron chi connectivity index (χ1n) is 4.26. The van der Waals surface area contributed by atoms with Crippen molar-refractivity contribution in [2.75, 3.05) is 0 Å². The zero-order valence-corrected chi connectivity index (χ0v) is 9.40. The molecule has 0 N–H and O–H groups in total. The van der Waals surface area contributed by atoms with Crippen LogP contribution in [0.4, 0.5) is 8.78 Å². The number of hydrogen-bond acceptors (Lipinski definition) is 3. The van der Waals surface area contributed by atoms with Crippen molar-refractivity contribution >= 4 is 23.4 Å². The van der Waals surface area contributed by atoms with Gasteiger partial charge in [0.05, 0.1) is 4.90 Å². The van der Waals surface area contributed by atoms with Crippen LogP contribution in [0.5, 0.6) is 0 Å². The molecule has 0 bridgehead atoms. The van der Waals surface area contributed by atoms with Crippen LogP contribution in [0.15, 0.2) is 40.5 Å². The Morgan fingerprint density at radius 1 is 1.12 bits per heavy atom. The number of halogens is 3. The van der Waals surface area contributed by atoms with Gasteiger partial charge in [-0.05, 0) is 18.2 Å². The normalized spacial score (nSPS) is 10.4. The van der Waals surface area contributed by atoms with Gasteiger partial charge in [0.25, 0.3) is 0 Å². The fourth-order valence-electron chi connectivity index (χ4n) is 1.04. The first-order chi connectivity index (χ1) is 7.66. The standard InChI is InChI=1S/C10H5ClF2N2S/c11-9-10(15-4-3-14-9)16-8-5-6(12)1-2-7(8)13/h1-5H. The molecule has 2 rings (SSSR count). The third-order valence-corrected chi connectivity index (χ3v) is 3.14. The Bertz CT molecular complexity index is 522. The molecule has 2 aromatic rings. The first kappa shape index (κ1) is 11.3. The summed E-state index contributed by atoms with van der Waals surface area (Å²) >= 11 is 6.69. The number of benzene rings is 1. The van der Waals surface area contributed by atoms with E-state index in [1.54, 1.807) is 0 Å². The van der Waals surface area contributed by atoms with Gasteiger partial charge in [-0.2, -0.15) is 0 Å². The van der Waals surface area contributed by atoms with Crippen LogP contribution in [-0.4, -0.2) is 9.97 Å². The van der Waals surface area contributed by atoms with Gasteiger partial charge in [0, 0.05) is 12.4 Å². The van der Waals surface area contributed by atoms with Crippen molar-refractivity contribution in [2.24, 2.45) is 0 Å². The van der Waals surface area contributed by atoms with Crippen molar-refractivity contribution in [2.45, 2.75) is 9.92 Å². The molecule has 0 amide bonds. The van der Waals surface area contributed by atoms with Crippen molar-refractivity contribution in [3.63, 3.8) is 0 Å². The van der Waals surface area contributed by atoms with E-state index in [2.05, 4.69) is 9.97 Å². The summed E-state index contributed by atoms with van der Waals surface area (Å²) in [5.41, 5.74) is 0. The number of hydrogen-bond donors (Lipinski definition) is 0. The van der Waals surface area contributed by atoms with Crippen molar-refractivity contribution in [1.29, 1.82) is 0 Å². The van der Waals surface area contributed by atoms with Crippen molar-refractivity contribution < 1.29 is 8.78 Å². The lowest BCUT2D eigenvalue weighted by atomic mass is 10.3. The SMILES string of the molecule is Fc1ccc(F)c(Sc2nccnc2Cl)c1. The summed E-state index contributed by atoms with van der Waals surface area (Å²) in [6.07, 6.45) is 2.86. The molecule has 0 radical (unpaired) electrons. The quantitative estimate of drug-likeness (QED) is 0.824. The van der Waals surface area contributed by atoms with E-state index in [-0.39, 0.29) is 10.0 Å². The Kier molecular flexibility index (Phi) is 3.36. The molecule has 2 nitrogen and oxygen atoms in total. The van der Waals surface area contributed by atoms with Gasteiger partial charge in [-0.15, -0.1) is 0 Å². The van der Waals surface area contributed by atoms with Crippen LogP contribution in [0.2, 0.25) is 5.15 Å². The van der Waals surface area contributed by atoms with Gasteiger partial charge in [0.15, 0.2) is 5.15 Å². The zero-order chi connectivity index (χ0) is 11.5. The van der Waals surface area contributed by atoms with Gasteiger partial charge >= 0.3 is 0 Å². The molecule has 0 aliphatic carbocycles. The largest absolute Gasteiger partial charge is 0.245 e. The van der Waals surface area contributed by atoms with Gasteiger partial charge in [0.1, 0.15) is 16.7 Å². The lowest BCUT2D eigenvalue weighted by Gasteiger charge is -2.03. The van der Waals surface area contributed by atoms with Crippen LogP contribution >= 0.6 is 23.4 Å². The number of rotatable bonds is 2. The predicted molar refractivity (Wildman–Crippen MR) is 57.5 cm³/mol. The fraction of sp³-hybridized carbons (Fsp3) is 0. The van der Waals surface area contributed by atoms with Crippen LogP contribution in [-0.2, 0) is 0 Å². The van der Waals surface area contributed by atoms with Crippen LogP contribution in [0.1, 0.15) is 0 Å². The molecule has 0 spiro atoms. The van der Waals surface area contributed by atoms with Gasteiger partial charge < -0.3 is 0 Å². The van der Waals surface area contributed by atoms with Gasteiger partial charge in [-0.1, -0.05) is 23.4 Å². The van der Waals surface area contributed by atoms with Crippen LogP contribution in [0, 0.1) is 11.6 Å². The number of aromatic nitrogens is 2. The Morgan fingerprint density at radius 3 is 2.62 bits per heavy atom. The molecule has 1 aromatic heterocycles. The monoisotopic (exact) mass is 258 g/mol. The maximum absolute atomic E-state index is 13.3. The third-order valence-electron chi connectivity index (χ3n) is 1.72. The topological polar surface area (TPSA) is 25.8 Å². The van der Waals surface area contributed by atoms with E-state index >= 15 is 0 Å². The van der Waals surface area contributed by atoms with E-state index in [0.29, 0.717) is 5.03 Å². The van der Waals surface area contributed by atoms with Crippen LogP contribution < -0.4 is 0 Å². The summed E-state index contributed by atoms with van der Waals surface area (Å²) in [7, 11) is 0. The molecule has 1 aromatic carbocycles. The summed E-state index contributed by atoms with van der Waals surface area (Å²) < 4.78 is 26.2. The van der Waals surface area contributed by atoms with E-state index in [1.165, 1.54) is 12.4 Å². The third kappa shape index (κ3) is 2.48. The summed E-state index contributed by atoms with van der Waals surface area (Å²) in [4.78, 5) is 7.84. The highest BCUT2D eigenvalue weighted by atomic mass is 35.5. The Balaban J connectivity index is 2.34. The molecule has 0 aliphatic heterocycles. The highest BCUT2D eigenvalue weighted by Crippen LogP contribution is 2.32. The minimum atomic E-state index is -0.520. The smallest absolute Gasteiger partial charge is 0.161 e. The molecule has 6 heteroatoms. The average molecular weight is 259 g/mol. The van der Waals surface area contributed by atoms with Crippen molar-refractivity contribution in [1.82, 2.24) is 9.97 Å². The van der Waals surface area contributed by atoms with Crippen LogP contribution in [0.3, 0.4) is 0 Å². The Hall–Kier alpha value is -1.20. The highest BCUT2D eigenvalue weighted by molar-refractivity contribution is 7.99. The van der Waals surface area contributed by atoms with E-state index in [9.17, 15) is 8.78 Å². The van der Waals surface area contributed by atoms with Gasteiger partial charge in [-0.3, -0.25) is 0 Å². The van der Waals surface area contributed by atoms with Crippen LogP contribution in [0.25, 0.3) is 0 Å². The first-order valence-corrected chi connectivity index (χ1v) is 5.45.